The van der Waals surface area contributed by atoms with Crippen LogP contribution in [-0.4, -0.2) is 19.2 Å². The maximum Gasteiger partial charge on any atom is 0.178 e. The second kappa shape index (κ2) is 4.80. The molecule has 22 heavy (non-hydrogen) atoms. The highest BCUT2D eigenvalue weighted by Crippen LogP contribution is 2.34. The molecule has 0 saturated heterocycles. The SMILES string of the molecule is O=S1(=O)CCc2cc(-c3cncc4ccc(Cl)cc34)ccc21. The quantitative estimate of drug-likeness (QED) is 0.680. The molecule has 3 aromatic rings. The van der Waals surface area contributed by atoms with Gasteiger partial charge in [0.2, 0.25) is 0 Å². The van der Waals surface area contributed by atoms with Crippen LogP contribution >= 0.6 is 11.6 Å². The van der Waals surface area contributed by atoms with E-state index in [2.05, 4.69) is 4.98 Å². The molecule has 0 unspecified atom stereocenters. The Hall–Kier alpha value is -1.91. The molecule has 110 valence electrons. The van der Waals surface area contributed by atoms with Gasteiger partial charge >= 0.3 is 0 Å². The fourth-order valence-electron chi connectivity index (χ4n) is 2.97. The van der Waals surface area contributed by atoms with Crippen LogP contribution in [0.3, 0.4) is 0 Å². The molecule has 0 radical (unpaired) electrons. The minimum Gasteiger partial charge on any atom is -0.263 e. The maximum absolute atomic E-state index is 11.9. The van der Waals surface area contributed by atoms with E-state index < -0.39 is 9.84 Å². The van der Waals surface area contributed by atoms with E-state index in [0.717, 1.165) is 27.5 Å². The van der Waals surface area contributed by atoms with Crippen LogP contribution in [0.1, 0.15) is 5.56 Å². The molecule has 4 rings (SSSR count). The van der Waals surface area contributed by atoms with Crippen molar-refractivity contribution in [1.29, 1.82) is 0 Å². The van der Waals surface area contributed by atoms with Gasteiger partial charge in [-0.1, -0.05) is 23.7 Å². The topological polar surface area (TPSA) is 47.0 Å². The lowest BCUT2D eigenvalue weighted by Crippen LogP contribution is -1.98. The van der Waals surface area contributed by atoms with E-state index in [1.807, 2.05) is 30.3 Å². The molecule has 0 N–H and O–H groups in total. The average Bonchev–Trinajstić information content (AvgIpc) is 2.81. The first-order valence-corrected chi connectivity index (χ1v) is 8.97. The highest BCUT2D eigenvalue weighted by atomic mass is 35.5. The second-order valence-electron chi connectivity index (χ2n) is 5.44. The summed E-state index contributed by atoms with van der Waals surface area (Å²) in [5, 5.41) is 2.70. The highest BCUT2D eigenvalue weighted by Gasteiger charge is 2.26. The molecule has 0 spiro atoms. The minimum atomic E-state index is -3.09. The number of rotatable bonds is 1. The Bertz CT molecular complexity index is 1010. The third kappa shape index (κ3) is 2.11. The third-order valence-corrected chi connectivity index (χ3v) is 6.11. The number of benzene rings is 2. The van der Waals surface area contributed by atoms with Gasteiger partial charge in [0, 0.05) is 28.4 Å². The van der Waals surface area contributed by atoms with E-state index >= 15 is 0 Å². The molecule has 0 amide bonds. The summed E-state index contributed by atoms with van der Waals surface area (Å²) in [5.74, 6) is 0.200. The summed E-state index contributed by atoms with van der Waals surface area (Å²) in [6, 6.07) is 11.2. The first kappa shape index (κ1) is 13.7. The van der Waals surface area contributed by atoms with Gasteiger partial charge in [0.05, 0.1) is 10.6 Å². The van der Waals surface area contributed by atoms with E-state index in [0.29, 0.717) is 16.3 Å². The molecule has 2 heterocycles. The Morgan fingerprint density at radius 3 is 2.77 bits per heavy atom. The first-order valence-electron chi connectivity index (χ1n) is 6.94. The van der Waals surface area contributed by atoms with Crippen LogP contribution in [0.5, 0.6) is 0 Å². The van der Waals surface area contributed by atoms with Crippen LogP contribution in [0.15, 0.2) is 53.7 Å². The lowest BCUT2D eigenvalue weighted by molar-refractivity contribution is 0.600. The van der Waals surface area contributed by atoms with Crippen molar-refractivity contribution in [2.45, 2.75) is 11.3 Å². The van der Waals surface area contributed by atoms with Crippen LogP contribution in [0.2, 0.25) is 5.02 Å². The van der Waals surface area contributed by atoms with Gasteiger partial charge in [0.15, 0.2) is 9.84 Å². The van der Waals surface area contributed by atoms with Crippen LogP contribution in [0.4, 0.5) is 0 Å². The van der Waals surface area contributed by atoms with Crippen molar-refractivity contribution in [2.75, 3.05) is 5.75 Å². The lowest BCUT2D eigenvalue weighted by Gasteiger charge is -2.08. The Kier molecular flexibility index (Phi) is 2.99. The fourth-order valence-corrected chi connectivity index (χ4v) is 4.68. The van der Waals surface area contributed by atoms with Gasteiger partial charge in [-0.25, -0.2) is 8.42 Å². The predicted octanol–water partition coefficient (Wildman–Crippen LogP) is 3.89. The largest absolute Gasteiger partial charge is 0.263 e. The number of nitrogens with zero attached hydrogens (tertiary/aromatic N) is 1. The molecule has 0 fully saturated rings. The third-order valence-electron chi connectivity index (χ3n) is 4.07. The van der Waals surface area contributed by atoms with Gasteiger partial charge in [0.1, 0.15) is 0 Å². The average molecular weight is 330 g/mol. The lowest BCUT2D eigenvalue weighted by atomic mass is 9.99. The van der Waals surface area contributed by atoms with Gasteiger partial charge in [-0.2, -0.15) is 0 Å². The number of aryl methyl sites for hydroxylation is 1. The molecule has 1 aliphatic heterocycles. The zero-order valence-electron chi connectivity index (χ0n) is 11.6. The molecule has 2 aromatic carbocycles. The summed E-state index contributed by atoms with van der Waals surface area (Å²) in [5.41, 5.74) is 2.82. The van der Waals surface area contributed by atoms with Crippen molar-refractivity contribution >= 4 is 32.2 Å². The van der Waals surface area contributed by atoms with Gasteiger partial charge in [-0.3, -0.25) is 4.98 Å². The first-order chi connectivity index (χ1) is 10.5. The smallest absolute Gasteiger partial charge is 0.178 e. The number of hydrogen-bond donors (Lipinski definition) is 0. The summed E-state index contributed by atoms with van der Waals surface area (Å²) in [4.78, 5) is 4.74. The molecule has 0 saturated carbocycles. The normalized spacial score (nSPS) is 15.9. The predicted molar refractivity (Wildman–Crippen MR) is 87.9 cm³/mol. The molecule has 0 aliphatic carbocycles. The van der Waals surface area contributed by atoms with Crippen LogP contribution in [0, 0.1) is 0 Å². The van der Waals surface area contributed by atoms with Crippen molar-refractivity contribution in [3.63, 3.8) is 0 Å². The van der Waals surface area contributed by atoms with E-state index in [1.165, 1.54) is 0 Å². The monoisotopic (exact) mass is 329 g/mol. The molecule has 1 aromatic heterocycles. The number of halogens is 1. The van der Waals surface area contributed by atoms with E-state index in [-0.39, 0.29) is 5.75 Å². The Balaban J connectivity index is 1.96. The van der Waals surface area contributed by atoms with Crippen LogP contribution in [0.25, 0.3) is 21.9 Å². The number of hydrogen-bond acceptors (Lipinski definition) is 3. The number of fused-ring (bicyclic) bond motifs is 2. The standard InChI is InChI=1S/C17H12ClNO2S/c18-14-3-1-13-9-19-10-16(15(13)8-14)11-2-4-17-12(7-11)5-6-22(17,20)21/h1-4,7-10H,5-6H2. The summed E-state index contributed by atoms with van der Waals surface area (Å²) < 4.78 is 23.9. The maximum atomic E-state index is 11.9. The molecular weight excluding hydrogens is 318 g/mol. The molecule has 0 bridgehead atoms. The number of aromatic nitrogens is 1. The van der Waals surface area contributed by atoms with Gasteiger partial charge in [-0.15, -0.1) is 0 Å². The van der Waals surface area contributed by atoms with Crippen molar-refractivity contribution in [2.24, 2.45) is 0 Å². The Morgan fingerprint density at radius 1 is 1.05 bits per heavy atom. The summed E-state index contributed by atoms with van der Waals surface area (Å²) in [6.07, 6.45) is 4.17. The van der Waals surface area contributed by atoms with Gasteiger partial charge in [-0.05, 0) is 47.2 Å². The number of pyridine rings is 1. The zero-order valence-corrected chi connectivity index (χ0v) is 13.2. The van der Waals surface area contributed by atoms with Crippen LogP contribution in [-0.2, 0) is 16.3 Å². The summed E-state index contributed by atoms with van der Waals surface area (Å²) in [6.45, 7) is 0. The Morgan fingerprint density at radius 2 is 1.91 bits per heavy atom. The minimum absolute atomic E-state index is 0.200. The summed E-state index contributed by atoms with van der Waals surface area (Å²) in [7, 11) is -3.09. The molecule has 5 heteroatoms. The van der Waals surface area contributed by atoms with Gasteiger partial charge < -0.3 is 0 Å². The fraction of sp³-hybridized carbons (Fsp3) is 0.118. The molecule has 0 atom stereocenters. The summed E-state index contributed by atoms with van der Waals surface area (Å²) >= 11 is 6.11. The van der Waals surface area contributed by atoms with Crippen molar-refractivity contribution in [3.8, 4) is 11.1 Å². The van der Waals surface area contributed by atoms with Crippen molar-refractivity contribution < 1.29 is 8.42 Å². The highest BCUT2D eigenvalue weighted by molar-refractivity contribution is 7.91. The van der Waals surface area contributed by atoms with Crippen LogP contribution < -0.4 is 0 Å². The number of sulfone groups is 1. The second-order valence-corrected chi connectivity index (χ2v) is 7.96. The Labute approximate surface area is 133 Å². The molecule has 3 nitrogen and oxygen atoms in total. The van der Waals surface area contributed by atoms with Crippen molar-refractivity contribution in [3.05, 3.63) is 59.4 Å². The van der Waals surface area contributed by atoms with E-state index in [4.69, 9.17) is 11.6 Å². The van der Waals surface area contributed by atoms with Gasteiger partial charge in [0.25, 0.3) is 0 Å². The van der Waals surface area contributed by atoms with E-state index in [1.54, 1.807) is 18.5 Å². The molecular formula is C17H12ClNO2S. The molecule has 1 aliphatic rings. The van der Waals surface area contributed by atoms with E-state index in [9.17, 15) is 8.42 Å². The zero-order chi connectivity index (χ0) is 15.3. The van der Waals surface area contributed by atoms with Crippen molar-refractivity contribution in [1.82, 2.24) is 4.98 Å².